The Hall–Kier alpha value is -2.83. The minimum absolute atomic E-state index is 0.276. The molecule has 3 aromatic carbocycles. The van der Waals surface area contributed by atoms with Crippen LogP contribution >= 0.6 is 0 Å². The third kappa shape index (κ3) is 3.48. The molecule has 0 aliphatic rings. The first-order chi connectivity index (χ1) is 13.5. The molecular formula is C22H23N3O2S. The van der Waals surface area contributed by atoms with Crippen LogP contribution in [0.3, 0.4) is 0 Å². The van der Waals surface area contributed by atoms with Crippen molar-refractivity contribution in [2.75, 3.05) is 25.5 Å². The minimum atomic E-state index is -3.75. The Balaban J connectivity index is 1.77. The van der Waals surface area contributed by atoms with Gasteiger partial charge in [0.1, 0.15) is 0 Å². The van der Waals surface area contributed by atoms with Crippen LogP contribution in [0.4, 0.5) is 0 Å². The van der Waals surface area contributed by atoms with Crippen molar-refractivity contribution in [3.05, 3.63) is 78.5 Å². The van der Waals surface area contributed by atoms with Crippen molar-refractivity contribution in [2.24, 2.45) is 0 Å². The molecule has 6 heteroatoms. The number of likely N-dealkylation sites (N-methyl/N-ethyl adjacent to an activating group) is 1. The smallest absolute Gasteiger partial charge is 0.275 e. The van der Waals surface area contributed by atoms with Gasteiger partial charge in [-0.1, -0.05) is 54.6 Å². The predicted octanol–water partition coefficient (Wildman–Crippen LogP) is 3.83. The van der Waals surface area contributed by atoms with E-state index in [2.05, 4.69) is 9.73 Å². The average Bonchev–Trinajstić information content (AvgIpc) is 3.03. The molecule has 1 N–H and O–H groups in total. The lowest BCUT2D eigenvalue weighted by Crippen LogP contribution is -2.22. The van der Waals surface area contributed by atoms with E-state index in [0.29, 0.717) is 5.39 Å². The van der Waals surface area contributed by atoms with Crippen molar-refractivity contribution in [3.63, 3.8) is 0 Å². The molecule has 1 heterocycles. The fourth-order valence-corrected chi connectivity index (χ4v) is 4.72. The van der Waals surface area contributed by atoms with Gasteiger partial charge >= 0.3 is 0 Å². The second-order valence-corrected chi connectivity index (χ2v) is 8.80. The summed E-state index contributed by atoms with van der Waals surface area (Å²) in [6.45, 7) is 0.893. The number of nitrogens with zero attached hydrogens (tertiary/aromatic N) is 2. The van der Waals surface area contributed by atoms with Crippen molar-refractivity contribution < 1.29 is 8.42 Å². The Morgan fingerprint density at radius 2 is 1.57 bits per heavy atom. The zero-order valence-electron chi connectivity index (χ0n) is 16.0. The molecule has 0 saturated heterocycles. The highest BCUT2D eigenvalue weighted by Gasteiger charge is 2.19. The first-order valence-corrected chi connectivity index (χ1v) is 10.7. The SMILES string of the molecule is CN(C)CCc1cn(NS(=O)(=O)c2cccc3ccccc23)c2ccccc12. The average molecular weight is 394 g/mol. The van der Waals surface area contributed by atoms with E-state index in [0.717, 1.165) is 34.8 Å². The lowest BCUT2D eigenvalue weighted by Gasteiger charge is -2.12. The van der Waals surface area contributed by atoms with E-state index in [1.165, 1.54) is 0 Å². The first-order valence-electron chi connectivity index (χ1n) is 9.20. The van der Waals surface area contributed by atoms with Gasteiger partial charge in [-0.2, -0.15) is 8.42 Å². The number of fused-ring (bicyclic) bond motifs is 2. The van der Waals surface area contributed by atoms with Crippen molar-refractivity contribution in [1.29, 1.82) is 0 Å². The van der Waals surface area contributed by atoms with Crippen LogP contribution in [0.5, 0.6) is 0 Å². The number of rotatable bonds is 6. The fourth-order valence-electron chi connectivity index (χ4n) is 3.48. The van der Waals surface area contributed by atoms with E-state index in [4.69, 9.17) is 0 Å². The summed E-state index contributed by atoms with van der Waals surface area (Å²) >= 11 is 0. The molecule has 4 rings (SSSR count). The zero-order chi connectivity index (χ0) is 19.7. The van der Waals surface area contributed by atoms with E-state index in [1.807, 2.05) is 74.9 Å². The molecule has 0 spiro atoms. The Morgan fingerprint density at radius 1 is 0.893 bits per heavy atom. The second-order valence-electron chi connectivity index (χ2n) is 7.17. The highest BCUT2D eigenvalue weighted by atomic mass is 32.2. The Labute approximate surface area is 165 Å². The van der Waals surface area contributed by atoms with Crippen LogP contribution in [0.15, 0.2) is 77.8 Å². The lowest BCUT2D eigenvalue weighted by molar-refractivity contribution is 0.414. The number of nitrogens with one attached hydrogen (secondary N) is 1. The van der Waals surface area contributed by atoms with Crippen molar-refractivity contribution >= 4 is 31.7 Å². The standard InChI is InChI=1S/C22H23N3O2S/c1-24(2)15-14-18-16-25(21-12-6-5-10-19(18)21)23-28(26,27)22-13-7-9-17-8-3-4-11-20(17)22/h3-13,16,23H,14-15H2,1-2H3. The molecule has 0 atom stereocenters. The molecule has 0 radical (unpaired) electrons. The summed E-state index contributed by atoms with van der Waals surface area (Å²) in [7, 11) is 0.314. The molecule has 0 saturated carbocycles. The number of aromatic nitrogens is 1. The molecule has 144 valence electrons. The van der Waals surface area contributed by atoms with Crippen molar-refractivity contribution in [1.82, 2.24) is 9.58 Å². The monoisotopic (exact) mass is 393 g/mol. The molecule has 0 aliphatic heterocycles. The number of hydrogen-bond donors (Lipinski definition) is 1. The van der Waals surface area contributed by atoms with Crippen LogP contribution in [0.1, 0.15) is 5.56 Å². The van der Waals surface area contributed by atoms with E-state index in [9.17, 15) is 8.42 Å². The van der Waals surface area contributed by atoms with E-state index in [1.54, 1.807) is 16.8 Å². The summed E-state index contributed by atoms with van der Waals surface area (Å²) < 4.78 is 28.0. The summed E-state index contributed by atoms with van der Waals surface area (Å²) in [6.07, 6.45) is 2.73. The van der Waals surface area contributed by atoms with Crippen LogP contribution in [0, 0.1) is 0 Å². The summed E-state index contributed by atoms with van der Waals surface area (Å²) in [6, 6.07) is 20.7. The molecule has 0 aliphatic carbocycles. The maximum absolute atomic E-state index is 13.2. The van der Waals surface area contributed by atoms with Gasteiger partial charge in [0.15, 0.2) is 0 Å². The molecule has 0 unspecified atom stereocenters. The van der Waals surface area contributed by atoms with E-state index >= 15 is 0 Å². The van der Waals surface area contributed by atoms with E-state index in [-0.39, 0.29) is 4.90 Å². The van der Waals surface area contributed by atoms with Gasteiger partial charge in [0.2, 0.25) is 0 Å². The highest BCUT2D eigenvalue weighted by molar-refractivity contribution is 7.92. The topological polar surface area (TPSA) is 54.3 Å². The minimum Gasteiger partial charge on any atom is -0.309 e. The third-order valence-corrected chi connectivity index (χ3v) is 6.25. The Morgan fingerprint density at radius 3 is 2.36 bits per heavy atom. The first kappa shape index (κ1) is 18.5. The van der Waals surface area contributed by atoms with Gasteiger partial charge in [-0.15, -0.1) is 0 Å². The molecule has 5 nitrogen and oxygen atoms in total. The zero-order valence-corrected chi connectivity index (χ0v) is 16.8. The largest absolute Gasteiger partial charge is 0.309 e. The van der Waals surface area contributed by atoms with E-state index < -0.39 is 10.0 Å². The summed E-state index contributed by atoms with van der Waals surface area (Å²) in [5.41, 5.74) is 1.96. The molecule has 0 bridgehead atoms. The molecule has 1 aromatic heterocycles. The summed E-state index contributed by atoms with van der Waals surface area (Å²) in [5.74, 6) is 0. The highest BCUT2D eigenvalue weighted by Crippen LogP contribution is 2.25. The van der Waals surface area contributed by atoms with Gasteiger partial charge < -0.3 is 4.90 Å². The maximum atomic E-state index is 13.2. The number of sulfonamides is 1. The molecule has 4 aromatic rings. The number of para-hydroxylation sites is 1. The molecular weight excluding hydrogens is 370 g/mol. The van der Waals surface area contributed by atoms with Gasteiger partial charge in [-0.3, -0.25) is 4.68 Å². The van der Waals surface area contributed by atoms with Gasteiger partial charge in [0.05, 0.1) is 10.4 Å². The van der Waals surface area contributed by atoms with Gasteiger partial charge in [-0.05, 0) is 43.6 Å². The lowest BCUT2D eigenvalue weighted by atomic mass is 10.1. The predicted molar refractivity (Wildman–Crippen MR) is 115 cm³/mol. The third-order valence-electron chi connectivity index (χ3n) is 4.88. The normalized spacial score (nSPS) is 12.1. The van der Waals surface area contributed by atoms with Gasteiger partial charge in [0.25, 0.3) is 10.0 Å². The molecule has 0 amide bonds. The van der Waals surface area contributed by atoms with Crippen LogP contribution in [-0.2, 0) is 16.4 Å². The Bertz CT molecular complexity index is 1240. The van der Waals surface area contributed by atoms with Crippen molar-refractivity contribution in [2.45, 2.75) is 11.3 Å². The number of benzene rings is 3. The quantitative estimate of drug-likeness (QED) is 0.542. The maximum Gasteiger partial charge on any atom is 0.275 e. The van der Waals surface area contributed by atoms with Gasteiger partial charge in [-0.25, -0.2) is 4.83 Å². The molecule has 0 fully saturated rings. The van der Waals surface area contributed by atoms with Gasteiger partial charge in [0, 0.05) is 23.5 Å². The van der Waals surface area contributed by atoms with Crippen molar-refractivity contribution in [3.8, 4) is 0 Å². The molecule has 28 heavy (non-hydrogen) atoms. The van der Waals surface area contributed by atoms with Crippen LogP contribution in [0.2, 0.25) is 0 Å². The van der Waals surface area contributed by atoms with Crippen LogP contribution in [-0.4, -0.2) is 38.6 Å². The Kier molecular flexibility index (Phi) is 4.83. The number of hydrogen-bond acceptors (Lipinski definition) is 3. The van der Waals surface area contributed by atoms with Crippen LogP contribution in [0.25, 0.3) is 21.7 Å². The summed E-state index contributed by atoms with van der Waals surface area (Å²) in [5, 5.41) is 2.67. The fraction of sp³-hybridized carbons (Fsp3) is 0.182. The second kappa shape index (κ2) is 7.30. The van der Waals surface area contributed by atoms with Crippen LogP contribution < -0.4 is 4.83 Å². The summed E-state index contributed by atoms with van der Waals surface area (Å²) in [4.78, 5) is 5.15.